The average molecular weight is 499 g/mol. The lowest BCUT2D eigenvalue weighted by Gasteiger charge is -2.10. The summed E-state index contributed by atoms with van der Waals surface area (Å²) in [4.78, 5) is 29.7. The number of carbonyl (C=O) groups is 1. The minimum atomic E-state index is -0.309. The van der Waals surface area contributed by atoms with E-state index in [1.54, 1.807) is 48.5 Å². The molecule has 4 aromatic rings. The third kappa shape index (κ3) is 6.33. The van der Waals surface area contributed by atoms with Crippen molar-refractivity contribution in [3.63, 3.8) is 0 Å². The van der Waals surface area contributed by atoms with Gasteiger partial charge in [-0.3, -0.25) is 9.59 Å². The number of halogens is 1. The molecule has 0 saturated carbocycles. The second-order valence-corrected chi connectivity index (χ2v) is 8.96. The first-order chi connectivity index (χ1) is 16.5. The van der Waals surface area contributed by atoms with E-state index in [4.69, 9.17) is 21.1 Å². The van der Waals surface area contributed by atoms with Crippen LogP contribution in [0.15, 0.2) is 59.4 Å². The van der Waals surface area contributed by atoms with Crippen molar-refractivity contribution in [3.05, 3.63) is 80.7 Å². The number of amides is 1. The van der Waals surface area contributed by atoms with Crippen LogP contribution in [0.5, 0.6) is 11.5 Å². The molecule has 1 amide bonds. The quantitative estimate of drug-likeness (QED) is 0.339. The SMILES string of the molecule is CCCCc1nn2c(=O)cc(COc3cccc(NC(=O)COc4ccc(Cl)cc4)c3)nc2s1. The summed E-state index contributed by atoms with van der Waals surface area (Å²) in [5.41, 5.74) is 0.847. The molecule has 0 spiro atoms. The number of aromatic nitrogens is 3. The largest absolute Gasteiger partial charge is 0.487 e. The van der Waals surface area contributed by atoms with Gasteiger partial charge in [-0.1, -0.05) is 42.3 Å². The number of carbonyl (C=O) groups excluding carboxylic acids is 1. The van der Waals surface area contributed by atoms with Gasteiger partial charge in [0.15, 0.2) is 6.61 Å². The Morgan fingerprint density at radius 2 is 1.94 bits per heavy atom. The molecular formula is C24H23ClN4O4S. The van der Waals surface area contributed by atoms with Gasteiger partial charge >= 0.3 is 0 Å². The standard InChI is InChI=1S/C24H23ClN4O4S/c1-2-3-7-22-28-29-23(31)13-18(27-24(29)34-22)14-32-20-6-4-5-17(12-20)26-21(30)15-33-19-10-8-16(25)9-11-19/h4-6,8-13H,2-3,7,14-15H2,1H3,(H,26,30). The van der Waals surface area contributed by atoms with Gasteiger partial charge < -0.3 is 14.8 Å². The first-order valence-corrected chi connectivity index (χ1v) is 12.0. The highest BCUT2D eigenvalue weighted by Gasteiger charge is 2.10. The second kappa shape index (κ2) is 11.1. The van der Waals surface area contributed by atoms with Gasteiger partial charge in [0.2, 0.25) is 4.96 Å². The molecule has 2 aromatic heterocycles. The van der Waals surface area contributed by atoms with Gasteiger partial charge in [-0.05, 0) is 42.8 Å². The third-order valence-corrected chi connectivity index (χ3v) is 5.99. The Labute approximate surface area is 205 Å². The minimum Gasteiger partial charge on any atom is -0.487 e. The second-order valence-electron chi connectivity index (χ2n) is 7.49. The molecule has 0 atom stereocenters. The predicted octanol–water partition coefficient (Wildman–Crippen LogP) is 4.74. The number of fused-ring (bicyclic) bond motifs is 1. The van der Waals surface area contributed by atoms with Crippen LogP contribution in [0.2, 0.25) is 5.02 Å². The van der Waals surface area contributed by atoms with Gasteiger partial charge in [-0.2, -0.15) is 9.61 Å². The molecule has 0 bridgehead atoms. The van der Waals surface area contributed by atoms with Crippen LogP contribution in [0.1, 0.15) is 30.5 Å². The molecule has 2 aromatic carbocycles. The van der Waals surface area contributed by atoms with Crippen molar-refractivity contribution in [2.45, 2.75) is 32.8 Å². The van der Waals surface area contributed by atoms with Crippen molar-refractivity contribution in [2.75, 3.05) is 11.9 Å². The van der Waals surface area contributed by atoms with Gasteiger partial charge in [-0.15, -0.1) is 0 Å². The Morgan fingerprint density at radius 1 is 1.12 bits per heavy atom. The summed E-state index contributed by atoms with van der Waals surface area (Å²) < 4.78 is 12.6. The topological polar surface area (TPSA) is 94.8 Å². The van der Waals surface area contributed by atoms with Crippen molar-refractivity contribution in [3.8, 4) is 11.5 Å². The number of aryl methyl sites for hydroxylation is 1. The van der Waals surface area contributed by atoms with E-state index in [2.05, 4.69) is 22.3 Å². The summed E-state index contributed by atoms with van der Waals surface area (Å²) in [6, 6.07) is 15.2. The molecule has 176 valence electrons. The summed E-state index contributed by atoms with van der Waals surface area (Å²) >= 11 is 7.26. The first-order valence-electron chi connectivity index (χ1n) is 10.8. The van der Waals surface area contributed by atoms with Crippen LogP contribution < -0.4 is 20.3 Å². The van der Waals surface area contributed by atoms with Gasteiger partial charge in [-0.25, -0.2) is 4.98 Å². The average Bonchev–Trinajstić information content (AvgIpc) is 3.25. The summed E-state index contributed by atoms with van der Waals surface area (Å²) in [5.74, 6) is 0.776. The van der Waals surface area contributed by atoms with Crippen LogP contribution in [0, 0.1) is 0 Å². The van der Waals surface area contributed by atoms with Crippen LogP contribution in [0.3, 0.4) is 0 Å². The monoisotopic (exact) mass is 498 g/mol. The van der Waals surface area contributed by atoms with Gasteiger partial charge in [0.25, 0.3) is 11.5 Å². The van der Waals surface area contributed by atoms with E-state index >= 15 is 0 Å². The molecule has 0 fully saturated rings. The number of ether oxygens (including phenoxy) is 2. The highest BCUT2D eigenvalue weighted by Crippen LogP contribution is 2.20. The van der Waals surface area contributed by atoms with E-state index in [9.17, 15) is 9.59 Å². The van der Waals surface area contributed by atoms with E-state index in [-0.39, 0.29) is 24.7 Å². The zero-order chi connectivity index (χ0) is 23.9. The molecule has 0 aliphatic carbocycles. The molecule has 0 aliphatic rings. The number of nitrogens with one attached hydrogen (secondary N) is 1. The Hall–Kier alpha value is -3.43. The number of unbranched alkanes of at least 4 members (excludes halogenated alkanes) is 1. The zero-order valence-electron chi connectivity index (χ0n) is 18.5. The van der Waals surface area contributed by atoms with Crippen LogP contribution in [0.25, 0.3) is 4.96 Å². The summed E-state index contributed by atoms with van der Waals surface area (Å²) in [7, 11) is 0. The molecule has 4 rings (SSSR count). The molecule has 0 unspecified atom stereocenters. The number of anilines is 1. The molecule has 0 saturated heterocycles. The lowest BCUT2D eigenvalue weighted by atomic mass is 10.3. The van der Waals surface area contributed by atoms with E-state index in [0.29, 0.717) is 32.9 Å². The Bertz CT molecular complexity index is 1340. The number of rotatable bonds is 10. The predicted molar refractivity (Wildman–Crippen MR) is 132 cm³/mol. The molecule has 2 heterocycles. The smallest absolute Gasteiger partial charge is 0.275 e. The van der Waals surface area contributed by atoms with E-state index < -0.39 is 0 Å². The number of benzene rings is 2. The summed E-state index contributed by atoms with van der Waals surface area (Å²) in [6.07, 6.45) is 2.91. The molecule has 1 N–H and O–H groups in total. The normalized spacial score (nSPS) is 10.9. The van der Waals surface area contributed by atoms with Crippen molar-refractivity contribution in [2.24, 2.45) is 0 Å². The number of hydrogen-bond donors (Lipinski definition) is 1. The summed E-state index contributed by atoms with van der Waals surface area (Å²) in [5, 5.41) is 8.61. The number of hydrogen-bond acceptors (Lipinski definition) is 7. The fraction of sp³-hybridized carbons (Fsp3) is 0.250. The lowest BCUT2D eigenvalue weighted by Crippen LogP contribution is -2.20. The fourth-order valence-corrected chi connectivity index (χ4v) is 4.18. The Balaban J connectivity index is 1.34. The molecule has 0 radical (unpaired) electrons. The molecule has 34 heavy (non-hydrogen) atoms. The zero-order valence-corrected chi connectivity index (χ0v) is 20.1. The third-order valence-electron chi connectivity index (χ3n) is 4.77. The van der Waals surface area contributed by atoms with Crippen molar-refractivity contribution < 1.29 is 14.3 Å². The lowest BCUT2D eigenvalue weighted by molar-refractivity contribution is -0.118. The highest BCUT2D eigenvalue weighted by atomic mass is 35.5. The first kappa shape index (κ1) is 23.7. The van der Waals surface area contributed by atoms with Crippen LogP contribution in [0.4, 0.5) is 5.69 Å². The Kier molecular flexibility index (Phi) is 7.76. The maximum Gasteiger partial charge on any atom is 0.275 e. The molecule has 0 aliphatic heterocycles. The van der Waals surface area contributed by atoms with E-state index in [0.717, 1.165) is 24.3 Å². The van der Waals surface area contributed by atoms with Crippen molar-refractivity contribution in [1.29, 1.82) is 0 Å². The molecular weight excluding hydrogens is 476 g/mol. The van der Waals surface area contributed by atoms with Gasteiger partial charge in [0.05, 0.1) is 5.69 Å². The minimum absolute atomic E-state index is 0.116. The highest BCUT2D eigenvalue weighted by molar-refractivity contribution is 7.16. The van der Waals surface area contributed by atoms with Crippen molar-refractivity contribution in [1.82, 2.24) is 14.6 Å². The maximum atomic E-state index is 12.4. The number of nitrogens with zero attached hydrogens (tertiary/aromatic N) is 3. The summed E-state index contributed by atoms with van der Waals surface area (Å²) in [6.45, 7) is 2.09. The molecule has 10 heteroatoms. The van der Waals surface area contributed by atoms with Gasteiger partial charge in [0.1, 0.15) is 23.1 Å². The Morgan fingerprint density at radius 3 is 2.74 bits per heavy atom. The van der Waals surface area contributed by atoms with Crippen LogP contribution in [-0.4, -0.2) is 27.1 Å². The van der Waals surface area contributed by atoms with Crippen molar-refractivity contribution >= 4 is 39.5 Å². The molecule has 8 nitrogen and oxygen atoms in total. The van der Waals surface area contributed by atoms with Gasteiger partial charge in [0, 0.05) is 29.3 Å². The van der Waals surface area contributed by atoms with E-state index in [1.807, 2.05) is 0 Å². The van der Waals surface area contributed by atoms with Crippen LogP contribution >= 0.6 is 22.9 Å². The van der Waals surface area contributed by atoms with Crippen LogP contribution in [-0.2, 0) is 17.8 Å². The fourth-order valence-electron chi connectivity index (χ4n) is 3.10. The van der Waals surface area contributed by atoms with E-state index in [1.165, 1.54) is 21.9 Å². The maximum absolute atomic E-state index is 12.4.